The number of nitrogens with one attached hydrogen (secondary N) is 2. The number of carbonyl (C=O) groups excluding carboxylic acids is 1. The van der Waals surface area contributed by atoms with Crippen molar-refractivity contribution in [1.29, 1.82) is 0 Å². The first kappa shape index (κ1) is 19.8. The largest absolute Gasteiger partial charge is 0.325 e. The Morgan fingerprint density at radius 2 is 1.96 bits per heavy atom. The molecule has 28 heavy (non-hydrogen) atoms. The van der Waals surface area contributed by atoms with Gasteiger partial charge in [0.25, 0.3) is 5.56 Å². The lowest BCUT2D eigenvalue weighted by molar-refractivity contribution is -0.115. The molecule has 1 unspecified atom stereocenters. The van der Waals surface area contributed by atoms with E-state index in [1.165, 1.54) is 16.6 Å². The number of aryl methyl sites for hydroxylation is 2. The van der Waals surface area contributed by atoms with Crippen molar-refractivity contribution in [3.63, 3.8) is 0 Å². The molecule has 1 aliphatic carbocycles. The summed E-state index contributed by atoms with van der Waals surface area (Å²) < 4.78 is 0. The second-order valence-corrected chi connectivity index (χ2v) is 9.96. The molecule has 2 N–H and O–H groups in total. The number of thiophene rings is 1. The maximum atomic E-state index is 12.6. The number of H-pyrrole nitrogens is 1. The molecule has 0 saturated heterocycles. The van der Waals surface area contributed by atoms with Gasteiger partial charge in [0, 0.05) is 20.6 Å². The van der Waals surface area contributed by atoms with E-state index < -0.39 is 5.25 Å². The molecule has 3 aromatic rings. The zero-order valence-electron chi connectivity index (χ0n) is 15.0. The smallest absolute Gasteiger partial charge is 0.260 e. The van der Waals surface area contributed by atoms with Crippen molar-refractivity contribution in [3.05, 3.63) is 49.0 Å². The highest BCUT2D eigenvalue weighted by molar-refractivity contribution is 8.00. The average molecular weight is 454 g/mol. The van der Waals surface area contributed by atoms with Crippen LogP contribution >= 0.6 is 46.3 Å². The molecule has 1 aliphatic rings. The number of amides is 1. The third kappa shape index (κ3) is 4.08. The first-order valence-corrected chi connectivity index (χ1v) is 11.3. The molecule has 4 rings (SSSR count). The molecule has 1 atom stereocenters. The van der Waals surface area contributed by atoms with Crippen molar-refractivity contribution >= 4 is 68.1 Å². The number of hydrogen-bond acceptors (Lipinski definition) is 5. The Labute approximate surface area is 179 Å². The van der Waals surface area contributed by atoms with E-state index in [4.69, 9.17) is 23.2 Å². The molecule has 0 aliphatic heterocycles. The molecule has 2 heterocycles. The highest BCUT2D eigenvalue weighted by Crippen LogP contribution is 2.34. The summed E-state index contributed by atoms with van der Waals surface area (Å²) in [5.74, 6) is -0.225. The molecule has 0 bridgehead atoms. The minimum absolute atomic E-state index is 0.124. The number of rotatable bonds is 4. The van der Waals surface area contributed by atoms with Gasteiger partial charge < -0.3 is 10.3 Å². The Hall–Kier alpha value is -1.54. The minimum Gasteiger partial charge on any atom is -0.325 e. The number of halogens is 2. The standard InChI is InChI=1S/C19H17Cl2N3O2S2/c1-9(16(25)22-12-7-10(20)6-11(21)8-12)27-19-23-17(26)15-13-4-2-3-5-14(13)28-18(15)24-19/h6-9H,2-5H2,1H3,(H,22,25)(H,23,24,26). The van der Waals surface area contributed by atoms with Crippen LogP contribution in [0.25, 0.3) is 10.2 Å². The van der Waals surface area contributed by atoms with E-state index in [2.05, 4.69) is 15.3 Å². The Morgan fingerprint density at radius 3 is 2.71 bits per heavy atom. The fourth-order valence-corrected chi connectivity index (χ4v) is 5.93. The highest BCUT2D eigenvalue weighted by atomic mass is 35.5. The maximum Gasteiger partial charge on any atom is 0.260 e. The Kier molecular flexibility index (Phi) is 5.69. The number of carbonyl (C=O) groups is 1. The van der Waals surface area contributed by atoms with Gasteiger partial charge >= 0.3 is 0 Å². The van der Waals surface area contributed by atoms with Crippen molar-refractivity contribution in [2.24, 2.45) is 0 Å². The monoisotopic (exact) mass is 453 g/mol. The van der Waals surface area contributed by atoms with Gasteiger partial charge in [-0.25, -0.2) is 4.98 Å². The van der Waals surface area contributed by atoms with Crippen molar-refractivity contribution in [2.45, 2.75) is 43.0 Å². The van der Waals surface area contributed by atoms with Crippen LogP contribution in [0.15, 0.2) is 28.2 Å². The normalized spacial score (nSPS) is 14.7. The Balaban J connectivity index is 1.54. The molecule has 0 fully saturated rings. The molecule has 146 valence electrons. The summed E-state index contributed by atoms with van der Waals surface area (Å²) in [4.78, 5) is 34.6. The number of aromatic nitrogens is 2. The van der Waals surface area contributed by atoms with E-state index in [0.717, 1.165) is 41.5 Å². The van der Waals surface area contributed by atoms with Crippen LogP contribution in [-0.4, -0.2) is 21.1 Å². The molecule has 1 amide bonds. The van der Waals surface area contributed by atoms with Crippen molar-refractivity contribution in [1.82, 2.24) is 9.97 Å². The zero-order chi connectivity index (χ0) is 19.8. The summed E-state index contributed by atoms with van der Waals surface area (Å²) in [6.07, 6.45) is 4.22. The lowest BCUT2D eigenvalue weighted by Crippen LogP contribution is -2.23. The molecule has 0 saturated carbocycles. The van der Waals surface area contributed by atoms with Crippen LogP contribution in [0.5, 0.6) is 0 Å². The number of aromatic amines is 1. The van der Waals surface area contributed by atoms with E-state index >= 15 is 0 Å². The van der Waals surface area contributed by atoms with E-state index in [-0.39, 0.29) is 11.5 Å². The molecule has 5 nitrogen and oxygen atoms in total. The zero-order valence-corrected chi connectivity index (χ0v) is 18.1. The van der Waals surface area contributed by atoms with Gasteiger partial charge in [-0.15, -0.1) is 11.3 Å². The number of hydrogen-bond donors (Lipinski definition) is 2. The van der Waals surface area contributed by atoms with Gasteiger partial charge in [0.05, 0.1) is 10.6 Å². The van der Waals surface area contributed by atoms with Crippen LogP contribution in [0.3, 0.4) is 0 Å². The second-order valence-electron chi connectivity index (χ2n) is 6.67. The van der Waals surface area contributed by atoms with Crippen LogP contribution in [-0.2, 0) is 17.6 Å². The highest BCUT2D eigenvalue weighted by Gasteiger charge is 2.22. The quantitative estimate of drug-likeness (QED) is 0.415. The van der Waals surface area contributed by atoms with Gasteiger partial charge in [-0.2, -0.15) is 0 Å². The van der Waals surface area contributed by atoms with Crippen molar-refractivity contribution in [2.75, 3.05) is 5.32 Å². The first-order valence-electron chi connectivity index (χ1n) is 8.89. The predicted molar refractivity (Wildman–Crippen MR) is 117 cm³/mol. The van der Waals surface area contributed by atoms with Crippen LogP contribution in [0.4, 0.5) is 5.69 Å². The minimum atomic E-state index is -0.465. The summed E-state index contributed by atoms with van der Waals surface area (Å²) in [5.41, 5.74) is 1.55. The molecule has 2 aromatic heterocycles. The predicted octanol–water partition coefficient (Wildman–Crippen LogP) is 5.29. The molecular formula is C19H17Cl2N3O2S2. The number of benzene rings is 1. The summed E-state index contributed by atoms with van der Waals surface area (Å²) in [7, 11) is 0. The van der Waals surface area contributed by atoms with Crippen LogP contribution < -0.4 is 10.9 Å². The number of fused-ring (bicyclic) bond motifs is 3. The lowest BCUT2D eigenvalue weighted by Gasteiger charge is -2.12. The molecular weight excluding hydrogens is 437 g/mol. The van der Waals surface area contributed by atoms with Gasteiger partial charge in [-0.05, 0) is 56.4 Å². The van der Waals surface area contributed by atoms with Gasteiger partial charge in [0.2, 0.25) is 5.91 Å². The van der Waals surface area contributed by atoms with Crippen LogP contribution in [0.1, 0.15) is 30.2 Å². The van der Waals surface area contributed by atoms with E-state index in [1.807, 2.05) is 0 Å². The van der Waals surface area contributed by atoms with Gasteiger partial charge in [-0.1, -0.05) is 35.0 Å². The van der Waals surface area contributed by atoms with Crippen molar-refractivity contribution < 1.29 is 4.79 Å². The fourth-order valence-electron chi connectivity index (χ4n) is 3.29. The molecule has 0 spiro atoms. The van der Waals surface area contributed by atoms with Crippen LogP contribution in [0, 0.1) is 0 Å². The Bertz CT molecular complexity index is 1110. The topological polar surface area (TPSA) is 74.8 Å². The first-order chi connectivity index (χ1) is 13.4. The second kappa shape index (κ2) is 8.06. The van der Waals surface area contributed by atoms with E-state index in [1.54, 1.807) is 36.5 Å². The van der Waals surface area contributed by atoms with Gasteiger partial charge in [-0.3, -0.25) is 9.59 Å². The third-order valence-corrected chi connectivity index (χ3v) is 7.20. The molecule has 0 radical (unpaired) electrons. The summed E-state index contributed by atoms with van der Waals surface area (Å²) in [6, 6.07) is 4.86. The molecule has 1 aromatic carbocycles. The summed E-state index contributed by atoms with van der Waals surface area (Å²) in [6.45, 7) is 1.76. The van der Waals surface area contributed by atoms with Gasteiger partial charge in [0.15, 0.2) is 5.16 Å². The Morgan fingerprint density at radius 1 is 1.25 bits per heavy atom. The fraction of sp³-hybridized carbons (Fsp3) is 0.316. The number of anilines is 1. The number of nitrogens with zero attached hydrogens (tertiary/aromatic N) is 1. The third-order valence-electron chi connectivity index (χ3n) is 4.59. The SMILES string of the molecule is CC(Sc1nc2sc3c(c2c(=O)[nH]1)CCCC3)C(=O)Nc1cc(Cl)cc(Cl)c1. The average Bonchev–Trinajstić information content (AvgIpc) is 2.99. The molecule has 9 heteroatoms. The maximum absolute atomic E-state index is 12.6. The summed E-state index contributed by atoms with van der Waals surface area (Å²) in [5, 5.41) is 4.38. The van der Waals surface area contributed by atoms with E-state index in [0.29, 0.717) is 20.9 Å². The summed E-state index contributed by atoms with van der Waals surface area (Å²) >= 11 is 14.7. The van der Waals surface area contributed by atoms with Crippen molar-refractivity contribution in [3.8, 4) is 0 Å². The van der Waals surface area contributed by atoms with Crippen LogP contribution in [0.2, 0.25) is 10.0 Å². The van der Waals surface area contributed by atoms with Gasteiger partial charge in [0.1, 0.15) is 4.83 Å². The lowest BCUT2D eigenvalue weighted by atomic mass is 9.97. The van der Waals surface area contributed by atoms with E-state index in [9.17, 15) is 9.59 Å². The number of thioether (sulfide) groups is 1.